The average Bonchev–Trinajstić information content (AvgIpc) is 2.19. The van der Waals surface area contributed by atoms with Gasteiger partial charge >= 0.3 is 0 Å². The third-order valence-electron chi connectivity index (χ3n) is 1.70. The molecule has 1 rings (SSSR count). The summed E-state index contributed by atoms with van der Waals surface area (Å²) in [6.45, 7) is 3.57. The van der Waals surface area contributed by atoms with Crippen LogP contribution >= 0.6 is 0 Å². The van der Waals surface area contributed by atoms with Crippen LogP contribution in [0.15, 0.2) is 42.7 Å². The van der Waals surface area contributed by atoms with Gasteiger partial charge < -0.3 is 10.1 Å². The Kier molecular flexibility index (Phi) is 3.73. The highest BCUT2D eigenvalue weighted by molar-refractivity contribution is 5.91. The van der Waals surface area contributed by atoms with Gasteiger partial charge in [0, 0.05) is 5.69 Å². The number of methoxy groups -OCH3 is 1. The van der Waals surface area contributed by atoms with Crippen LogP contribution in [0.3, 0.4) is 0 Å². The summed E-state index contributed by atoms with van der Waals surface area (Å²) in [6, 6.07) is 9.27. The van der Waals surface area contributed by atoms with Crippen molar-refractivity contribution in [2.75, 3.05) is 12.4 Å². The van der Waals surface area contributed by atoms with E-state index in [1.165, 1.54) is 7.11 Å². The molecule has 0 fully saturated rings. The van der Waals surface area contributed by atoms with E-state index in [2.05, 4.69) is 11.9 Å². The molecule has 3 heteroatoms. The van der Waals surface area contributed by atoms with Crippen molar-refractivity contribution in [1.82, 2.24) is 0 Å². The average molecular weight is 191 g/mol. The van der Waals surface area contributed by atoms with Crippen molar-refractivity contribution in [1.29, 1.82) is 0 Å². The minimum atomic E-state index is -0.122. The summed E-state index contributed by atoms with van der Waals surface area (Å²) in [7, 11) is 1.50. The van der Waals surface area contributed by atoms with Crippen LogP contribution in [-0.4, -0.2) is 13.0 Å². The first-order chi connectivity index (χ1) is 6.72. The van der Waals surface area contributed by atoms with Crippen molar-refractivity contribution in [2.24, 2.45) is 0 Å². The predicted octanol–water partition coefficient (Wildman–Crippen LogP) is 2.18. The van der Waals surface area contributed by atoms with Gasteiger partial charge in [-0.05, 0) is 12.1 Å². The number of rotatable bonds is 4. The van der Waals surface area contributed by atoms with E-state index >= 15 is 0 Å². The molecule has 3 nitrogen and oxygen atoms in total. The molecule has 1 amide bonds. The molecule has 0 spiro atoms. The SMILES string of the molecule is C=C(CC(=O)Nc1ccccc1)OC. The van der Waals surface area contributed by atoms with Gasteiger partial charge in [0.15, 0.2) is 0 Å². The summed E-state index contributed by atoms with van der Waals surface area (Å²) >= 11 is 0. The molecule has 14 heavy (non-hydrogen) atoms. The number of anilines is 1. The quantitative estimate of drug-likeness (QED) is 0.741. The highest BCUT2D eigenvalue weighted by Crippen LogP contribution is 2.07. The molecule has 0 saturated carbocycles. The zero-order chi connectivity index (χ0) is 10.4. The highest BCUT2D eigenvalue weighted by Gasteiger charge is 2.03. The van der Waals surface area contributed by atoms with Crippen molar-refractivity contribution in [2.45, 2.75) is 6.42 Å². The van der Waals surface area contributed by atoms with Crippen LogP contribution in [0.2, 0.25) is 0 Å². The Balaban J connectivity index is 2.46. The highest BCUT2D eigenvalue weighted by atomic mass is 16.5. The molecule has 0 heterocycles. The van der Waals surface area contributed by atoms with E-state index in [1.54, 1.807) is 0 Å². The molecule has 0 aromatic heterocycles. The zero-order valence-electron chi connectivity index (χ0n) is 8.12. The topological polar surface area (TPSA) is 38.3 Å². The van der Waals surface area contributed by atoms with Crippen LogP contribution in [0.1, 0.15) is 6.42 Å². The molecule has 0 radical (unpaired) electrons. The number of ether oxygens (including phenoxy) is 1. The van der Waals surface area contributed by atoms with Crippen molar-refractivity contribution < 1.29 is 9.53 Å². The van der Waals surface area contributed by atoms with E-state index in [9.17, 15) is 4.79 Å². The lowest BCUT2D eigenvalue weighted by molar-refractivity contribution is -0.116. The Labute approximate surface area is 83.4 Å². The monoisotopic (exact) mass is 191 g/mol. The number of para-hydroxylation sites is 1. The van der Waals surface area contributed by atoms with Crippen LogP contribution in [0.25, 0.3) is 0 Å². The maximum atomic E-state index is 11.3. The second-order valence-electron chi connectivity index (χ2n) is 2.83. The van der Waals surface area contributed by atoms with Gasteiger partial charge in [-0.3, -0.25) is 4.79 Å². The zero-order valence-corrected chi connectivity index (χ0v) is 8.12. The van der Waals surface area contributed by atoms with Gasteiger partial charge in [0.25, 0.3) is 0 Å². The molecule has 74 valence electrons. The molecule has 0 aliphatic heterocycles. The maximum absolute atomic E-state index is 11.3. The van der Waals surface area contributed by atoms with Gasteiger partial charge in [0.2, 0.25) is 5.91 Å². The molecule has 0 saturated heterocycles. The molecule has 1 aromatic rings. The first-order valence-electron chi connectivity index (χ1n) is 4.29. The summed E-state index contributed by atoms with van der Waals surface area (Å²) in [4.78, 5) is 11.3. The van der Waals surface area contributed by atoms with E-state index in [4.69, 9.17) is 4.74 Å². The predicted molar refractivity (Wildman–Crippen MR) is 55.8 cm³/mol. The summed E-state index contributed by atoms with van der Waals surface area (Å²) < 4.78 is 4.80. The van der Waals surface area contributed by atoms with Crippen molar-refractivity contribution in [3.8, 4) is 0 Å². The first-order valence-corrected chi connectivity index (χ1v) is 4.29. The molecular formula is C11H13NO2. The van der Waals surface area contributed by atoms with Gasteiger partial charge in [-0.1, -0.05) is 24.8 Å². The molecule has 1 aromatic carbocycles. The summed E-state index contributed by atoms with van der Waals surface area (Å²) in [6.07, 6.45) is 0.186. The first kappa shape index (κ1) is 10.3. The standard InChI is InChI=1S/C11H13NO2/c1-9(14-2)8-11(13)12-10-6-4-3-5-7-10/h3-7H,1,8H2,2H3,(H,12,13). The van der Waals surface area contributed by atoms with Gasteiger partial charge in [0.1, 0.15) is 0 Å². The van der Waals surface area contributed by atoms with E-state index in [-0.39, 0.29) is 12.3 Å². The second-order valence-corrected chi connectivity index (χ2v) is 2.83. The molecule has 0 atom stereocenters. The summed E-state index contributed by atoms with van der Waals surface area (Å²) in [5.74, 6) is 0.335. The van der Waals surface area contributed by atoms with E-state index < -0.39 is 0 Å². The summed E-state index contributed by atoms with van der Waals surface area (Å²) in [5, 5.41) is 2.73. The maximum Gasteiger partial charge on any atom is 0.231 e. The van der Waals surface area contributed by atoms with E-state index in [0.29, 0.717) is 5.76 Å². The summed E-state index contributed by atoms with van der Waals surface area (Å²) in [5.41, 5.74) is 0.779. The van der Waals surface area contributed by atoms with E-state index in [1.807, 2.05) is 30.3 Å². The Hall–Kier alpha value is -1.77. The normalized spacial score (nSPS) is 9.21. The van der Waals surface area contributed by atoms with Crippen LogP contribution in [0.5, 0.6) is 0 Å². The fraction of sp³-hybridized carbons (Fsp3) is 0.182. The molecule has 0 aliphatic rings. The minimum absolute atomic E-state index is 0.122. The lowest BCUT2D eigenvalue weighted by Crippen LogP contribution is -2.12. The van der Waals surface area contributed by atoms with E-state index in [0.717, 1.165) is 5.69 Å². The van der Waals surface area contributed by atoms with Crippen LogP contribution in [0.4, 0.5) is 5.69 Å². The lowest BCUT2D eigenvalue weighted by atomic mass is 10.3. The van der Waals surface area contributed by atoms with Gasteiger partial charge in [-0.25, -0.2) is 0 Å². The fourth-order valence-electron chi connectivity index (χ4n) is 0.978. The van der Waals surface area contributed by atoms with Crippen LogP contribution < -0.4 is 5.32 Å². The number of amides is 1. The lowest BCUT2D eigenvalue weighted by Gasteiger charge is -2.05. The third-order valence-corrected chi connectivity index (χ3v) is 1.70. The number of hydrogen-bond donors (Lipinski definition) is 1. The number of benzene rings is 1. The molecule has 0 bridgehead atoms. The number of carbonyl (C=O) groups is 1. The Bertz CT molecular complexity index is 319. The second kappa shape index (κ2) is 5.07. The van der Waals surface area contributed by atoms with Gasteiger partial charge in [-0.2, -0.15) is 0 Å². The van der Waals surface area contributed by atoms with Crippen LogP contribution in [-0.2, 0) is 9.53 Å². The third kappa shape index (κ3) is 3.31. The smallest absolute Gasteiger partial charge is 0.231 e. The van der Waals surface area contributed by atoms with Crippen molar-refractivity contribution >= 4 is 11.6 Å². The molecule has 0 unspecified atom stereocenters. The Morgan fingerprint density at radius 1 is 1.43 bits per heavy atom. The van der Waals surface area contributed by atoms with Crippen LogP contribution in [0, 0.1) is 0 Å². The Morgan fingerprint density at radius 2 is 2.07 bits per heavy atom. The van der Waals surface area contributed by atoms with Crippen molar-refractivity contribution in [3.63, 3.8) is 0 Å². The molecular weight excluding hydrogens is 178 g/mol. The minimum Gasteiger partial charge on any atom is -0.501 e. The number of hydrogen-bond acceptors (Lipinski definition) is 2. The van der Waals surface area contributed by atoms with Gasteiger partial charge in [-0.15, -0.1) is 0 Å². The molecule has 1 N–H and O–H groups in total. The van der Waals surface area contributed by atoms with Gasteiger partial charge in [0.05, 0.1) is 19.3 Å². The fourth-order valence-corrected chi connectivity index (χ4v) is 0.978. The largest absolute Gasteiger partial charge is 0.501 e. The van der Waals surface area contributed by atoms with Crippen molar-refractivity contribution in [3.05, 3.63) is 42.7 Å². The molecule has 0 aliphatic carbocycles. The Morgan fingerprint density at radius 3 is 2.64 bits per heavy atom. The number of carbonyl (C=O) groups excluding carboxylic acids is 1. The number of nitrogens with one attached hydrogen (secondary N) is 1.